The number of anilines is 1. The summed E-state index contributed by atoms with van der Waals surface area (Å²) < 4.78 is 7.36. The summed E-state index contributed by atoms with van der Waals surface area (Å²) >= 11 is 0. The van der Waals surface area contributed by atoms with Gasteiger partial charge in [0.15, 0.2) is 0 Å². The van der Waals surface area contributed by atoms with Crippen LogP contribution in [-0.2, 0) is 12.0 Å². The van der Waals surface area contributed by atoms with Crippen LogP contribution >= 0.6 is 0 Å². The number of benzene rings is 2. The van der Waals surface area contributed by atoms with E-state index < -0.39 is 0 Å². The standard InChI is InChI=1S/C27H27N3O3/c1-18-8-13-24-28-22(15-25(31)30(24)16-18)17-33-23-7-5-6-21(14-23)29-26(32)19-9-11-20(12-10-19)27(2,3)4/h5-16H,17H2,1-4H3,(H,29,32). The number of hydrogen-bond donors (Lipinski definition) is 1. The van der Waals surface area contributed by atoms with Gasteiger partial charge < -0.3 is 10.1 Å². The highest BCUT2D eigenvalue weighted by Gasteiger charge is 2.14. The monoisotopic (exact) mass is 441 g/mol. The van der Waals surface area contributed by atoms with E-state index in [9.17, 15) is 9.59 Å². The first-order chi connectivity index (χ1) is 15.7. The number of pyridine rings is 1. The molecule has 2 aromatic heterocycles. The average molecular weight is 442 g/mol. The molecule has 1 N–H and O–H groups in total. The molecule has 0 aliphatic carbocycles. The Kier molecular flexibility index (Phi) is 6.01. The highest BCUT2D eigenvalue weighted by atomic mass is 16.5. The summed E-state index contributed by atoms with van der Waals surface area (Å²) in [4.78, 5) is 29.5. The predicted octanol–water partition coefficient (Wildman–Crippen LogP) is 5.13. The van der Waals surface area contributed by atoms with Crippen LogP contribution in [0.1, 0.15) is 48.0 Å². The van der Waals surface area contributed by atoms with Crippen molar-refractivity contribution in [2.24, 2.45) is 0 Å². The largest absolute Gasteiger partial charge is 0.487 e. The van der Waals surface area contributed by atoms with Crippen molar-refractivity contribution in [2.75, 3.05) is 5.32 Å². The van der Waals surface area contributed by atoms with Gasteiger partial charge in [-0.3, -0.25) is 14.0 Å². The van der Waals surface area contributed by atoms with Crippen LogP contribution in [-0.4, -0.2) is 15.3 Å². The third-order valence-corrected chi connectivity index (χ3v) is 5.35. The fourth-order valence-corrected chi connectivity index (χ4v) is 3.48. The Morgan fingerprint density at radius 3 is 2.52 bits per heavy atom. The molecule has 0 bridgehead atoms. The van der Waals surface area contributed by atoms with Gasteiger partial charge in [-0.25, -0.2) is 4.98 Å². The van der Waals surface area contributed by atoms with Gasteiger partial charge in [0.2, 0.25) is 0 Å². The Balaban J connectivity index is 1.44. The van der Waals surface area contributed by atoms with Gasteiger partial charge in [0.25, 0.3) is 11.5 Å². The van der Waals surface area contributed by atoms with E-state index in [4.69, 9.17) is 4.74 Å². The van der Waals surface area contributed by atoms with Crippen LogP contribution in [0.5, 0.6) is 5.75 Å². The van der Waals surface area contributed by atoms with E-state index in [1.54, 1.807) is 30.5 Å². The number of fused-ring (bicyclic) bond motifs is 1. The zero-order chi connectivity index (χ0) is 23.6. The third-order valence-electron chi connectivity index (χ3n) is 5.35. The van der Waals surface area contributed by atoms with Gasteiger partial charge in [0.1, 0.15) is 18.0 Å². The molecule has 2 heterocycles. The number of rotatable bonds is 5. The van der Waals surface area contributed by atoms with E-state index in [0.717, 1.165) is 5.56 Å². The van der Waals surface area contributed by atoms with Crippen molar-refractivity contribution in [3.8, 4) is 5.75 Å². The summed E-state index contributed by atoms with van der Waals surface area (Å²) in [6, 6.07) is 20.0. The molecule has 0 fully saturated rings. The maximum atomic E-state index is 12.7. The normalized spacial score (nSPS) is 11.4. The van der Waals surface area contributed by atoms with E-state index in [1.165, 1.54) is 16.0 Å². The van der Waals surface area contributed by atoms with Crippen LogP contribution in [0, 0.1) is 6.92 Å². The number of nitrogens with one attached hydrogen (secondary N) is 1. The SMILES string of the molecule is Cc1ccc2nc(COc3cccc(NC(=O)c4ccc(C(C)(C)C)cc4)c3)cc(=O)n2c1. The molecule has 168 valence electrons. The van der Waals surface area contributed by atoms with Gasteiger partial charge in [0, 0.05) is 29.6 Å². The molecule has 0 aliphatic rings. The summed E-state index contributed by atoms with van der Waals surface area (Å²) in [5.74, 6) is 0.383. The first-order valence-corrected chi connectivity index (χ1v) is 10.8. The molecule has 6 nitrogen and oxygen atoms in total. The Hall–Kier alpha value is -3.93. The minimum Gasteiger partial charge on any atom is -0.487 e. The van der Waals surface area contributed by atoms with Crippen LogP contribution in [0.2, 0.25) is 0 Å². The zero-order valence-corrected chi connectivity index (χ0v) is 19.3. The molecule has 0 saturated heterocycles. The molecular weight excluding hydrogens is 414 g/mol. The second-order valence-corrected chi connectivity index (χ2v) is 9.12. The van der Waals surface area contributed by atoms with E-state index >= 15 is 0 Å². The molecule has 0 atom stereocenters. The third kappa shape index (κ3) is 5.29. The van der Waals surface area contributed by atoms with Crippen LogP contribution in [0.4, 0.5) is 5.69 Å². The summed E-state index contributed by atoms with van der Waals surface area (Å²) in [7, 11) is 0. The highest BCUT2D eigenvalue weighted by molar-refractivity contribution is 6.04. The number of amides is 1. The zero-order valence-electron chi connectivity index (χ0n) is 19.3. The number of nitrogens with zero attached hydrogens (tertiary/aromatic N) is 2. The quantitative estimate of drug-likeness (QED) is 0.466. The molecule has 4 aromatic rings. The maximum Gasteiger partial charge on any atom is 0.258 e. The van der Waals surface area contributed by atoms with Crippen LogP contribution < -0.4 is 15.6 Å². The molecule has 0 saturated carbocycles. The fourth-order valence-electron chi connectivity index (χ4n) is 3.48. The van der Waals surface area contributed by atoms with Crippen molar-refractivity contribution >= 4 is 17.2 Å². The highest BCUT2D eigenvalue weighted by Crippen LogP contribution is 2.23. The van der Waals surface area contributed by atoms with E-state index in [1.807, 2.05) is 43.3 Å². The first kappa shape index (κ1) is 22.3. The van der Waals surface area contributed by atoms with Crippen molar-refractivity contribution in [3.63, 3.8) is 0 Å². The average Bonchev–Trinajstić information content (AvgIpc) is 2.78. The number of carbonyl (C=O) groups excluding carboxylic acids is 1. The smallest absolute Gasteiger partial charge is 0.258 e. The van der Waals surface area contributed by atoms with E-state index in [-0.39, 0.29) is 23.5 Å². The van der Waals surface area contributed by atoms with Gasteiger partial charge in [-0.15, -0.1) is 0 Å². The van der Waals surface area contributed by atoms with Crippen molar-refractivity contribution in [3.05, 3.63) is 106 Å². The summed E-state index contributed by atoms with van der Waals surface area (Å²) in [6.45, 7) is 8.48. The number of aryl methyl sites for hydroxylation is 1. The Morgan fingerprint density at radius 1 is 1.03 bits per heavy atom. The lowest BCUT2D eigenvalue weighted by molar-refractivity contribution is 0.102. The topological polar surface area (TPSA) is 72.7 Å². The molecule has 6 heteroatoms. The maximum absolute atomic E-state index is 12.7. The molecule has 33 heavy (non-hydrogen) atoms. The van der Waals surface area contributed by atoms with Gasteiger partial charge in [-0.1, -0.05) is 45.0 Å². The summed E-state index contributed by atoms with van der Waals surface area (Å²) in [6.07, 6.45) is 1.76. The van der Waals surface area contributed by atoms with Crippen molar-refractivity contribution in [2.45, 2.75) is 39.7 Å². The van der Waals surface area contributed by atoms with Gasteiger partial charge in [-0.05, 0) is 53.8 Å². The minimum absolute atomic E-state index is 0.0328. The van der Waals surface area contributed by atoms with Crippen LogP contribution in [0.3, 0.4) is 0 Å². The summed E-state index contributed by atoms with van der Waals surface area (Å²) in [5, 5.41) is 2.91. The molecule has 4 rings (SSSR count). The lowest BCUT2D eigenvalue weighted by Crippen LogP contribution is -2.16. The van der Waals surface area contributed by atoms with Crippen molar-refractivity contribution in [1.82, 2.24) is 9.38 Å². The number of ether oxygens (including phenoxy) is 1. The van der Waals surface area contributed by atoms with Crippen molar-refractivity contribution < 1.29 is 9.53 Å². The first-order valence-electron chi connectivity index (χ1n) is 10.8. The number of carbonyl (C=O) groups is 1. The van der Waals surface area contributed by atoms with E-state index in [0.29, 0.717) is 28.3 Å². The molecule has 1 amide bonds. The Labute approximate surface area is 192 Å². The Bertz CT molecular complexity index is 1370. The van der Waals surface area contributed by atoms with Gasteiger partial charge in [0.05, 0.1) is 5.69 Å². The molecule has 0 spiro atoms. The second kappa shape index (κ2) is 8.90. The molecule has 0 unspecified atom stereocenters. The van der Waals surface area contributed by atoms with Gasteiger partial charge >= 0.3 is 0 Å². The second-order valence-electron chi connectivity index (χ2n) is 9.12. The molecule has 0 radical (unpaired) electrons. The van der Waals surface area contributed by atoms with E-state index in [2.05, 4.69) is 31.1 Å². The number of hydrogen-bond acceptors (Lipinski definition) is 4. The lowest BCUT2D eigenvalue weighted by Gasteiger charge is -2.19. The predicted molar refractivity (Wildman–Crippen MR) is 130 cm³/mol. The molecule has 2 aromatic carbocycles. The van der Waals surface area contributed by atoms with Crippen molar-refractivity contribution in [1.29, 1.82) is 0 Å². The lowest BCUT2D eigenvalue weighted by atomic mass is 9.87. The molecule has 0 aliphatic heterocycles. The van der Waals surface area contributed by atoms with Crippen LogP contribution in [0.15, 0.2) is 77.7 Å². The van der Waals surface area contributed by atoms with Crippen LogP contribution in [0.25, 0.3) is 5.65 Å². The van der Waals surface area contributed by atoms with Gasteiger partial charge in [-0.2, -0.15) is 0 Å². The summed E-state index contributed by atoms with van der Waals surface area (Å²) in [5.41, 5.74) is 4.37. The fraction of sp³-hybridized carbons (Fsp3) is 0.222. The molecular formula is C27H27N3O3. The number of aromatic nitrogens is 2. The minimum atomic E-state index is -0.188. The Morgan fingerprint density at radius 2 is 1.79 bits per heavy atom.